The predicted octanol–water partition coefficient (Wildman–Crippen LogP) is 1.14. The zero-order chi connectivity index (χ0) is 18.0. The molecule has 0 aliphatic carbocycles. The van der Waals surface area contributed by atoms with Crippen molar-refractivity contribution in [2.24, 2.45) is 11.7 Å². The van der Waals surface area contributed by atoms with E-state index in [9.17, 15) is 4.79 Å². The van der Waals surface area contributed by atoms with E-state index < -0.39 is 0 Å². The number of aryl methyl sites for hydroxylation is 1. The molecule has 1 aliphatic rings. The molecule has 0 saturated carbocycles. The Morgan fingerprint density at radius 2 is 2.08 bits per heavy atom. The van der Waals surface area contributed by atoms with E-state index in [2.05, 4.69) is 15.4 Å². The molecule has 2 N–H and O–H groups in total. The number of hydrogen-bond donors (Lipinski definition) is 1. The second kappa shape index (κ2) is 7.53. The summed E-state index contributed by atoms with van der Waals surface area (Å²) in [5.74, 6) is 0.589. The van der Waals surface area contributed by atoms with E-state index in [0.29, 0.717) is 17.5 Å². The fraction of sp³-hybridized carbons (Fsp3) is 0.625. The number of nitrogens with two attached hydrogens (primary N) is 1. The summed E-state index contributed by atoms with van der Waals surface area (Å²) < 4.78 is 3.54. The van der Waals surface area contributed by atoms with Gasteiger partial charge in [0.2, 0.25) is 5.91 Å². The number of hydrogen-bond acceptors (Lipinski definition) is 5. The van der Waals surface area contributed by atoms with Gasteiger partial charge in [-0.05, 0) is 32.6 Å². The highest BCUT2D eigenvalue weighted by molar-refractivity contribution is 6.31. The van der Waals surface area contributed by atoms with Crippen LogP contribution in [0.4, 0.5) is 0 Å². The Labute approximate surface area is 151 Å². The molecule has 3 rings (SSSR count). The molecule has 2 aromatic rings. The number of halogens is 1. The maximum Gasteiger partial charge on any atom is 0.244 e. The maximum atomic E-state index is 12.5. The molecule has 0 atom stereocenters. The number of likely N-dealkylation sites (tertiary alicyclic amines) is 1. The lowest BCUT2D eigenvalue weighted by atomic mass is 9.97. The SMILES string of the molecule is Cc1nn(CC(=O)N2CCC(Cn3cc(CN)nn3)CC2)c(C)c1Cl. The van der Waals surface area contributed by atoms with Crippen LogP contribution in [0.3, 0.4) is 0 Å². The summed E-state index contributed by atoms with van der Waals surface area (Å²) in [6.07, 6.45) is 3.81. The van der Waals surface area contributed by atoms with Crippen molar-refractivity contribution in [3.05, 3.63) is 28.3 Å². The lowest BCUT2D eigenvalue weighted by Gasteiger charge is -2.32. The largest absolute Gasteiger partial charge is 0.341 e. The monoisotopic (exact) mass is 365 g/mol. The van der Waals surface area contributed by atoms with Crippen LogP contribution in [0, 0.1) is 19.8 Å². The Balaban J connectivity index is 1.51. The Morgan fingerprint density at radius 1 is 1.36 bits per heavy atom. The van der Waals surface area contributed by atoms with Gasteiger partial charge in [0.1, 0.15) is 6.54 Å². The van der Waals surface area contributed by atoms with E-state index in [0.717, 1.165) is 49.6 Å². The predicted molar refractivity (Wildman–Crippen MR) is 93.9 cm³/mol. The van der Waals surface area contributed by atoms with Crippen molar-refractivity contribution in [3.8, 4) is 0 Å². The average Bonchev–Trinajstić information content (AvgIpc) is 3.16. The molecule has 0 radical (unpaired) electrons. The van der Waals surface area contributed by atoms with Gasteiger partial charge in [-0.2, -0.15) is 5.10 Å². The van der Waals surface area contributed by atoms with Crippen LogP contribution in [-0.2, 0) is 24.4 Å². The van der Waals surface area contributed by atoms with Crippen LogP contribution in [-0.4, -0.2) is 48.7 Å². The first-order chi connectivity index (χ1) is 12.0. The summed E-state index contributed by atoms with van der Waals surface area (Å²) in [5.41, 5.74) is 7.96. The molecule has 0 aromatic carbocycles. The highest BCUT2D eigenvalue weighted by Gasteiger charge is 2.24. The second-order valence-electron chi connectivity index (χ2n) is 6.60. The number of nitrogens with zero attached hydrogens (tertiary/aromatic N) is 6. The first-order valence-electron chi connectivity index (χ1n) is 8.54. The minimum atomic E-state index is 0.0897. The van der Waals surface area contributed by atoms with Crippen molar-refractivity contribution < 1.29 is 4.79 Å². The minimum absolute atomic E-state index is 0.0897. The summed E-state index contributed by atoms with van der Waals surface area (Å²) in [7, 11) is 0. The quantitative estimate of drug-likeness (QED) is 0.857. The molecule has 136 valence electrons. The molecule has 2 aromatic heterocycles. The topological polar surface area (TPSA) is 94.9 Å². The number of rotatable bonds is 5. The van der Waals surface area contributed by atoms with E-state index in [1.165, 1.54) is 0 Å². The van der Waals surface area contributed by atoms with Crippen LogP contribution in [0.25, 0.3) is 0 Å². The standard InChI is InChI=1S/C16H24ClN7O/c1-11-16(17)12(2)24(20-11)10-15(25)22-5-3-13(4-6-22)8-23-9-14(7-18)19-21-23/h9,13H,3-8,10,18H2,1-2H3. The first-order valence-corrected chi connectivity index (χ1v) is 8.92. The van der Waals surface area contributed by atoms with Crippen molar-refractivity contribution in [2.75, 3.05) is 13.1 Å². The molecule has 0 spiro atoms. The van der Waals surface area contributed by atoms with Crippen LogP contribution in [0.5, 0.6) is 0 Å². The van der Waals surface area contributed by atoms with Crippen molar-refractivity contribution in [1.29, 1.82) is 0 Å². The second-order valence-corrected chi connectivity index (χ2v) is 6.98. The highest BCUT2D eigenvalue weighted by Crippen LogP contribution is 2.21. The number of carbonyl (C=O) groups excluding carboxylic acids is 1. The van der Waals surface area contributed by atoms with E-state index in [4.69, 9.17) is 17.3 Å². The van der Waals surface area contributed by atoms with Crippen molar-refractivity contribution in [1.82, 2.24) is 29.7 Å². The summed E-state index contributed by atoms with van der Waals surface area (Å²) in [4.78, 5) is 14.4. The maximum absolute atomic E-state index is 12.5. The van der Waals surface area contributed by atoms with Gasteiger partial charge in [-0.3, -0.25) is 14.2 Å². The van der Waals surface area contributed by atoms with E-state index in [-0.39, 0.29) is 12.5 Å². The minimum Gasteiger partial charge on any atom is -0.341 e. The van der Waals surface area contributed by atoms with Gasteiger partial charge in [-0.15, -0.1) is 5.10 Å². The van der Waals surface area contributed by atoms with E-state index in [1.54, 1.807) is 4.68 Å². The third kappa shape index (κ3) is 4.01. The molecule has 0 bridgehead atoms. The number of carbonyl (C=O) groups is 1. The Morgan fingerprint density at radius 3 is 2.64 bits per heavy atom. The van der Waals surface area contributed by atoms with Crippen molar-refractivity contribution in [3.63, 3.8) is 0 Å². The van der Waals surface area contributed by atoms with Gasteiger partial charge in [0.15, 0.2) is 0 Å². The summed E-state index contributed by atoms with van der Waals surface area (Å²) in [5, 5.41) is 13.1. The van der Waals surface area contributed by atoms with Gasteiger partial charge in [-0.1, -0.05) is 16.8 Å². The van der Waals surface area contributed by atoms with E-state index in [1.807, 2.05) is 29.6 Å². The molecule has 1 amide bonds. The van der Waals surface area contributed by atoms with E-state index >= 15 is 0 Å². The summed E-state index contributed by atoms with van der Waals surface area (Å²) >= 11 is 6.15. The molecular weight excluding hydrogens is 342 g/mol. The third-order valence-electron chi connectivity index (χ3n) is 4.79. The van der Waals surface area contributed by atoms with Crippen LogP contribution >= 0.6 is 11.6 Å². The molecule has 9 heteroatoms. The first kappa shape index (κ1) is 17.9. The van der Waals surface area contributed by atoms with Gasteiger partial charge < -0.3 is 10.6 Å². The van der Waals surface area contributed by atoms with Crippen LogP contribution < -0.4 is 5.73 Å². The molecule has 1 fully saturated rings. The molecule has 25 heavy (non-hydrogen) atoms. The fourth-order valence-electron chi connectivity index (χ4n) is 3.21. The lowest BCUT2D eigenvalue weighted by Crippen LogP contribution is -2.41. The summed E-state index contributed by atoms with van der Waals surface area (Å²) in [6, 6.07) is 0. The van der Waals surface area contributed by atoms with Gasteiger partial charge in [0.05, 0.1) is 22.1 Å². The smallest absolute Gasteiger partial charge is 0.244 e. The van der Waals surface area contributed by atoms with Crippen LogP contribution in [0.2, 0.25) is 5.02 Å². The van der Waals surface area contributed by atoms with Gasteiger partial charge in [-0.25, -0.2) is 0 Å². The van der Waals surface area contributed by atoms with Gasteiger partial charge >= 0.3 is 0 Å². The molecule has 3 heterocycles. The lowest BCUT2D eigenvalue weighted by molar-refractivity contribution is -0.133. The zero-order valence-electron chi connectivity index (χ0n) is 14.7. The molecule has 1 aliphatic heterocycles. The number of piperidine rings is 1. The zero-order valence-corrected chi connectivity index (χ0v) is 15.4. The van der Waals surface area contributed by atoms with Gasteiger partial charge in [0.25, 0.3) is 0 Å². The highest BCUT2D eigenvalue weighted by atomic mass is 35.5. The summed E-state index contributed by atoms with van der Waals surface area (Å²) in [6.45, 7) is 6.72. The third-order valence-corrected chi connectivity index (χ3v) is 5.33. The molecule has 0 unspecified atom stereocenters. The molecule has 8 nitrogen and oxygen atoms in total. The molecule has 1 saturated heterocycles. The van der Waals surface area contributed by atoms with Crippen molar-refractivity contribution in [2.45, 2.75) is 46.3 Å². The average molecular weight is 366 g/mol. The van der Waals surface area contributed by atoms with Crippen LogP contribution in [0.15, 0.2) is 6.20 Å². The number of amides is 1. The number of aromatic nitrogens is 5. The Bertz CT molecular complexity index is 746. The fourth-order valence-corrected chi connectivity index (χ4v) is 3.34. The van der Waals surface area contributed by atoms with Crippen LogP contribution in [0.1, 0.15) is 29.9 Å². The normalized spacial score (nSPS) is 15.8. The van der Waals surface area contributed by atoms with Gasteiger partial charge in [0, 0.05) is 32.4 Å². The Kier molecular flexibility index (Phi) is 5.39. The molecular formula is C16H24ClN7O. The Hall–Kier alpha value is -1.93. The van der Waals surface area contributed by atoms with Crippen molar-refractivity contribution >= 4 is 17.5 Å².